The Morgan fingerprint density at radius 2 is 2.24 bits per heavy atom. The molecule has 1 rings (SSSR count). The van der Waals surface area contributed by atoms with Gasteiger partial charge in [-0.3, -0.25) is 9.48 Å². The van der Waals surface area contributed by atoms with Gasteiger partial charge < -0.3 is 9.84 Å². The van der Waals surface area contributed by atoms with E-state index in [0.29, 0.717) is 12.2 Å². The maximum absolute atomic E-state index is 11.8. The highest BCUT2D eigenvalue weighted by Crippen LogP contribution is 2.35. The zero-order valence-corrected chi connectivity index (χ0v) is 11.0. The smallest absolute Gasteiger partial charge is 0.314 e. The number of rotatable bonds is 4. The van der Waals surface area contributed by atoms with E-state index in [0.717, 1.165) is 5.69 Å². The molecule has 0 bridgehead atoms. The largest absolute Gasteiger partial charge is 0.465 e. The highest BCUT2D eigenvalue weighted by molar-refractivity contribution is 5.77. The minimum absolute atomic E-state index is 0.307. The van der Waals surface area contributed by atoms with Crippen molar-refractivity contribution in [2.24, 2.45) is 12.5 Å². The quantitative estimate of drug-likeness (QED) is 0.807. The first-order chi connectivity index (χ1) is 7.80. The second-order valence-electron chi connectivity index (χ2n) is 4.69. The van der Waals surface area contributed by atoms with Crippen molar-refractivity contribution < 1.29 is 14.6 Å². The number of aliphatic hydroxyl groups excluding tert-OH is 1. The molecule has 1 aromatic heterocycles. The Morgan fingerprint density at radius 1 is 1.65 bits per heavy atom. The Morgan fingerprint density at radius 3 is 2.65 bits per heavy atom. The normalized spacial score (nSPS) is 13.5. The van der Waals surface area contributed by atoms with Gasteiger partial charge in [-0.1, -0.05) is 0 Å². The van der Waals surface area contributed by atoms with Gasteiger partial charge in [-0.2, -0.15) is 5.10 Å². The number of ether oxygens (including phenoxy) is 1. The average Bonchev–Trinajstić information content (AvgIpc) is 2.56. The summed E-state index contributed by atoms with van der Waals surface area (Å²) in [5.41, 5.74) is 0.395. The minimum atomic E-state index is -0.982. The summed E-state index contributed by atoms with van der Waals surface area (Å²) in [4.78, 5) is 11.8. The Balaban J connectivity index is 2.99. The van der Waals surface area contributed by atoms with Gasteiger partial charge in [0.15, 0.2) is 0 Å². The highest BCUT2D eigenvalue weighted by Gasteiger charge is 2.39. The Labute approximate surface area is 101 Å². The summed E-state index contributed by atoms with van der Waals surface area (Å²) < 4.78 is 6.59. The number of carbonyl (C=O) groups excluding carboxylic acids is 1. The molecule has 1 aromatic rings. The summed E-state index contributed by atoms with van der Waals surface area (Å²) in [7, 11) is 1.78. The van der Waals surface area contributed by atoms with Crippen molar-refractivity contribution in [3.05, 3.63) is 17.5 Å². The van der Waals surface area contributed by atoms with Crippen LogP contribution < -0.4 is 0 Å². The topological polar surface area (TPSA) is 64.3 Å². The van der Waals surface area contributed by atoms with Crippen molar-refractivity contribution in [1.82, 2.24) is 9.78 Å². The molecule has 0 aromatic carbocycles. The fraction of sp³-hybridized carbons (Fsp3) is 0.667. The van der Waals surface area contributed by atoms with E-state index in [1.807, 2.05) is 0 Å². The number of aliphatic hydroxyl groups is 1. The number of esters is 1. The molecule has 17 heavy (non-hydrogen) atoms. The van der Waals surface area contributed by atoms with Gasteiger partial charge in [-0.15, -0.1) is 0 Å². The Bertz CT molecular complexity index is 410. The van der Waals surface area contributed by atoms with Gasteiger partial charge in [0, 0.05) is 18.8 Å². The van der Waals surface area contributed by atoms with Crippen LogP contribution in [0.4, 0.5) is 0 Å². The number of aryl methyl sites for hydroxylation is 2. The third-order valence-corrected chi connectivity index (χ3v) is 2.83. The van der Waals surface area contributed by atoms with Crippen LogP contribution in [-0.2, 0) is 16.6 Å². The van der Waals surface area contributed by atoms with E-state index >= 15 is 0 Å². The summed E-state index contributed by atoms with van der Waals surface area (Å²) >= 11 is 0. The second kappa shape index (κ2) is 4.87. The van der Waals surface area contributed by atoms with Crippen LogP contribution in [0.5, 0.6) is 0 Å². The van der Waals surface area contributed by atoms with Gasteiger partial charge in [-0.25, -0.2) is 0 Å². The van der Waals surface area contributed by atoms with Crippen LogP contribution in [0.25, 0.3) is 0 Å². The number of aromatic nitrogens is 2. The molecule has 96 valence electrons. The molecule has 0 amide bonds. The first-order valence-electron chi connectivity index (χ1n) is 5.66. The molecular weight excluding hydrogens is 220 g/mol. The zero-order chi connectivity index (χ0) is 13.2. The molecular formula is C12H20N2O3. The number of carbonyl (C=O) groups is 1. The molecule has 0 aliphatic rings. The summed E-state index contributed by atoms with van der Waals surface area (Å²) in [6.07, 6.45) is 0.802. The zero-order valence-electron chi connectivity index (χ0n) is 11.0. The molecule has 0 aliphatic heterocycles. The molecule has 1 heterocycles. The van der Waals surface area contributed by atoms with E-state index in [1.54, 1.807) is 45.6 Å². The van der Waals surface area contributed by atoms with Gasteiger partial charge in [0.2, 0.25) is 0 Å². The lowest BCUT2D eigenvalue weighted by molar-refractivity contribution is -0.160. The van der Waals surface area contributed by atoms with Crippen molar-refractivity contribution >= 4 is 5.97 Å². The van der Waals surface area contributed by atoms with E-state index in [1.165, 1.54) is 0 Å². The third-order valence-electron chi connectivity index (χ3n) is 2.83. The van der Waals surface area contributed by atoms with Crippen LogP contribution in [0.2, 0.25) is 0 Å². The van der Waals surface area contributed by atoms with Crippen molar-refractivity contribution in [3.63, 3.8) is 0 Å². The molecule has 1 N–H and O–H groups in total. The first kappa shape index (κ1) is 13.7. The van der Waals surface area contributed by atoms with Gasteiger partial charge in [0.25, 0.3) is 0 Å². The lowest BCUT2D eigenvalue weighted by Crippen LogP contribution is -2.33. The van der Waals surface area contributed by atoms with Crippen LogP contribution >= 0.6 is 0 Å². The highest BCUT2D eigenvalue weighted by atomic mass is 16.5. The minimum Gasteiger partial charge on any atom is -0.465 e. The van der Waals surface area contributed by atoms with Gasteiger partial charge >= 0.3 is 5.97 Å². The fourth-order valence-electron chi connectivity index (χ4n) is 1.70. The third kappa shape index (κ3) is 2.66. The van der Waals surface area contributed by atoms with Gasteiger partial charge in [0.05, 0.1) is 23.8 Å². The molecule has 0 spiro atoms. The molecule has 0 saturated heterocycles. The number of nitrogens with zero attached hydrogens (tertiary/aromatic N) is 2. The second-order valence-corrected chi connectivity index (χ2v) is 4.69. The molecule has 0 radical (unpaired) electrons. The maximum Gasteiger partial charge on any atom is 0.314 e. The average molecular weight is 240 g/mol. The SMILES string of the molecule is CCOC(=O)C(C)(C)C(O)c1cn(C)nc1C. The van der Waals surface area contributed by atoms with E-state index in [4.69, 9.17) is 4.74 Å². The summed E-state index contributed by atoms with van der Waals surface area (Å²) in [6, 6.07) is 0. The number of hydrogen-bond acceptors (Lipinski definition) is 4. The lowest BCUT2D eigenvalue weighted by atomic mass is 9.83. The van der Waals surface area contributed by atoms with Crippen molar-refractivity contribution in [2.75, 3.05) is 6.61 Å². The standard InChI is InChI=1S/C12H20N2O3/c1-6-17-11(16)12(3,4)10(15)9-7-14(5)13-8(9)2/h7,10,15H,6H2,1-5H3. The van der Waals surface area contributed by atoms with E-state index in [9.17, 15) is 9.90 Å². The van der Waals surface area contributed by atoms with Crippen molar-refractivity contribution in [1.29, 1.82) is 0 Å². The van der Waals surface area contributed by atoms with E-state index in [2.05, 4.69) is 5.10 Å². The fourth-order valence-corrected chi connectivity index (χ4v) is 1.70. The molecule has 0 saturated carbocycles. The monoisotopic (exact) mass is 240 g/mol. The van der Waals surface area contributed by atoms with Crippen molar-refractivity contribution in [2.45, 2.75) is 33.8 Å². The van der Waals surface area contributed by atoms with E-state index in [-0.39, 0.29) is 0 Å². The summed E-state index contributed by atoms with van der Waals surface area (Å²) in [5.74, 6) is -0.407. The molecule has 5 nitrogen and oxygen atoms in total. The predicted molar refractivity (Wildman–Crippen MR) is 63.3 cm³/mol. The predicted octanol–water partition coefficient (Wildman–Crippen LogP) is 1.35. The summed E-state index contributed by atoms with van der Waals surface area (Å²) in [5, 5.41) is 14.4. The van der Waals surface area contributed by atoms with Gasteiger partial charge in [-0.05, 0) is 27.7 Å². The van der Waals surface area contributed by atoms with Crippen LogP contribution in [0.1, 0.15) is 38.1 Å². The van der Waals surface area contributed by atoms with Gasteiger partial charge in [0.1, 0.15) is 0 Å². The first-order valence-corrected chi connectivity index (χ1v) is 5.66. The Kier molecular flexibility index (Phi) is 3.93. The molecule has 1 unspecified atom stereocenters. The molecule has 0 fully saturated rings. The maximum atomic E-state index is 11.8. The molecule has 5 heteroatoms. The van der Waals surface area contributed by atoms with E-state index < -0.39 is 17.5 Å². The lowest BCUT2D eigenvalue weighted by Gasteiger charge is -2.27. The number of hydrogen-bond donors (Lipinski definition) is 1. The van der Waals surface area contributed by atoms with Crippen LogP contribution in [0.3, 0.4) is 0 Å². The Hall–Kier alpha value is -1.36. The van der Waals surface area contributed by atoms with Crippen LogP contribution in [0, 0.1) is 12.3 Å². The summed E-state index contributed by atoms with van der Waals surface area (Å²) in [6.45, 7) is 7.20. The van der Waals surface area contributed by atoms with Crippen LogP contribution in [0.15, 0.2) is 6.20 Å². The van der Waals surface area contributed by atoms with Crippen molar-refractivity contribution in [3.8, 4) is 0 Å². The molecule has 0 aliphatic carbocycles. The van der Waals surface area contributed by atoms with Crippen LogP contribution in [-0.4, -0.2) is 27.5 Å². The molecule has 1 atom stereocenters.